The summed E-state index contributed by atoms with van der Waals surface area (Å²) in [6.45, 7) is 10.5. The summed E-state index contributed by atoms with van der Waals surface area (Å²) in [6.07, 6.45) is -1.73. The van der Waals surface area contributed by atoms with Gasteiger partial charge in [0, 0.05) is 19.2 Å². The van der Waals surface area contributed by atoms with Crippen molar-refractivity contribution in [2.75, 3.05) is 18.5 Å². The Kier molecular flexibility index (Phi) is 7.00. The van der Waals surface area contributed by atoms with Crippen LogP contribution in [0.5, 0.6) is 0 Å². The molecule has 0 aromatic heterocycles. The summed E-state index contributed by atoms with van der Waals surface area (Å²) in [5.41, 5.74) is -0.759. The number of amides is 2. The molecule has 1 heterocycles. The Labute approximate surface area is 178 Å². The van der Waals surface area contributed by atoms with Crippen LogP contribution >= 0.6 is 0 Å². The Morgan fingerprint density at radius 1 is 0.967 bits per heavy atom. The van der Waals surface area contributed by atoms with E-state index in [4.69, 9.17) is 14.2 Å². The molecular formula is C22H32N2O6. The molecule has 8 nitrogen and oxygen atoms in total. The standard InChI is InChI=1S/C22H32N2O6/c1-21(2,3)29-18(25)17-13-16(14-24(17)20(27)30-22(4,5)6)28-19(26)23(7)15-11-9-8-10-12-15/h8-12,16-17H,13-14H2,1-7H3/t16?,17-/m0/s1. The van der Waals surface area contributed by atoms with Gasteiger partial charge in [0.25, 0.3) is 0 Å². The molecule has 1 unspecified atom stereocenters. The SMILES string of the molecule is CN(C(=O)OC1C[C@@H](C(=O)OC(C)(C)C)N(C(=O)OC(C)(C)C)C1)c1ccccc1. The van der Waals surface area contributed by atoms with Gasteiger partial charge in [-0.1, -0.05) is 18.2 Å². The average molecular weight is 421 g/mol. The van der Waals surface area contributed by atoms with Gasteiger partial charge in [-0.15, -0.1) is 0 Å². The van der Waals surface area contributed by atoms with Gasteiger partial charge in [0.2, 0.25) is 0 Å². The minimum atomic E-state index is -0.890. The van der Waals surface area contributed by atoms with Gasteiger partial charge < -0.3 is 14.2 Å². The second-order valence-electron chi connectivity index (χ2n) is 9.32. The molecule has 2 amide bonds. The highest BCUT2D eigenvalue weighted by molar-refractivity contribution is 5.87. The molecule has 0 saturated carbocycles. The highest BCUT2D eigenvalue weighted by atomic mass is 16.6. The number of nitrogens with zero attached hydrogens (tertiary/aromatic N) is 2. The van der Waals surface area contributed by atoms with Crippen molar-refractivity contribution in [1.29, 1.82) is 0 Å². The number of hydrogen-bond donors (Lipinski definition) is 0. The molecule has 2 atom stereocenters. The fraction of sp³-hybridized carbons (Fsp3) is 0.591. The molecule has 166 valence electrons. The van der Waals surface area contributed by atoms with Gasteiger partial charge in [-0.25, -0.2) is 14.4 Å². The van der Waals surface area contributed by atoms with Gasteiger partial charge in [0.1, 0.15) is 23.3 Å². The third-order valence-corrected chi connectivity index (χ3v) is 4.25. The van der Waals surface area contributed by atoms with Gasteiger partial charge in [-0.3, -0.25) is 9.80 Å². The maximum atomic E-state index is 12.7. The molecule has 0 aliphatic carbocycles. The predicted molar refractivity (Wildman–Crippen MR) is 112 cm³/mol. The van der Waals surface area contributed by atoms with Crippen LogP contribution in [0.2, 0.25) is 0 Å². The summed E-state index contributed by atoms with van der Waals surface area (Å²) in [4.78, 5) is 40.6. The van der Waals surface area contributed by atoms with E-state index in [0.29, 0.717) is 5.69 Å². The van der Waals surface area contributed by atoms with E-state index in [-0.39, 0.29) is 13.0 Å². The topological polar surface area (TPSA) is 85.4 Å². The lowest BCUT2D eigenvalue weighted by Gasteiger charge is -2.29. The van der Waals surface area contributed by atoms with E-state index in [2.05, 4.69) is 0 Å². The smallest absolute Gasteiger partial charge is 0.414 e. The summed E-state index contributed by atoms with van der Waals surface area (Å²) < 4.78 is 16.5. The number of likely N-dealkylation sites (tertiary alicyclic amines) is 1. The molecule has 1 aliphatic rings. The van der Waals surface area contributed by atoms with E-state index >= 15 is 0 Å². The minimum absolute atomic E-state index is 0.0488. The number of para-hydroxylation sites is 1. The average Bonchev–Trinajstić information content (AvgIpc) is 3.03. The van der Waals surface area contributed by atoms with Gasteiger partial charge in [0.15, 0.2) is 0 Å². The molecular weight excluding hydrogens is 388 g/mol. The van der Waals surface area contributed by atoms with Crippen molar-refractivity contribution in [2.24, 2.45) is 0 Å². The normalized spacial score (nSPS) is 19.2. The van der Waals surface area contributed by atoms with Crippen molar-refractivity contribution in [1.82, 2.24) is 4.90 Å². The summed E-state index contributed by atoms with van der Waals surface area (Å²) >= 11 is 0. The van der Waals surface area contributed by atoms with Crippen LogP contribution in [0.1, 0.15) is 48.0 Å². The van der Waals surface area contributed by atoms with Crippen molar-refractivity contribution < 1.29 is 28.6 Å². The maximum Gasteiger partial charge on any atom is 0.414 e. The molecule has 0 radical (unpaired) electrons. The number of rotatable bonds is 3. The van der Waals surface area contributed by atoms with E-state index in [1.807, 2.05) is 18.2 Å². The molecule has 1 aromatic carbocycles. The van der Waals surface area contributed by atoms with Crippen LogP contribution in [0.3, 0.4) is 0 Å². The molecule has 1 aliphatic heterocycles. The van der Waals surface area contributed by atoms with Crippen LogP contribution in [0.25, 0.3) is 0 Å². The van der Waals surface area contributed by atoms with Crippen molar-refractivity contribution in [3.8, 4) is 0 Å². The fourth-order valence-corrected chi connectivity index (χ4v) is 2.98. The largest absolute Gasteiger partial charge is 0.458 e. The van der Waals surface area contributed by atoms with Crippen molar-refractivity contribution in [2.45, 2.75) is 71.3 Å². The van der Waals surface area contributed by atoms with Crippen molar-refractivity contribution >= 4 is 23.8 Å². The van der Waals surface area contributed by atoms with Crippen LogP contribution in [0.15, 0.2) is 30.3 Å². The number of benzene rings is 1. The monoisotopic (exact) mass is 420 g/mol. The second kappa shape index (κ2) is 8.93. The quantitative estimate of drug-likeness (QED) is 0.543. The van der Waals surface area contributed by atoms with Crippen molar-refractivity contribution in [3.63, 3.8) is 0 Å². The third kappa shape index (κ3) is 6.64. The Morgan fingerprint density at radius 3 is 2.07 bits per heavy atom. The van der Waals surface area contributed by atoms with Gasteiger partial charge in [-0.2, -0.15) is 0 Å². The zero-order valence-electron chi connectivity index (χ0n) is 18.8. The summed E-state index contributed by atoms with van der Waals surface area (Å²) in [7, 11) is 1.60. The maximum absolute atomic E-state index is 12.7. The first-order chi connectivity index (χ1) is 13.8. The Bertz CT molecular complexity index is 730. The van der Waals surface area contributed by atoms with Gasteiger partial charge in [0.05, 0.1) is 6.54 Å². The highest BCUT2D eigenvalue weighted by Crippen LogP contribution is 2.26. The number of anilines is 1. The first-order valence-corrected chi connectivity index (χ1v) is 9.99. The first kappa shape index (κ1) is 23.5. The van der Waals surface area contributed by atoms with E-state index in [1.54, 1.807) is 60.7 Å². The third-order valence-electron chi connectivity index (χ3n) is 4.25. The molecule has 0 N–H and O–H groups in total. The number of carbonyl (C=O) groups excluding carboxylic acids is 3. The molecule has 1 fully saturated rings. The van der Waals surface area contributed by atoms with E-state index in [0.717, 1.165) is 0 Å². The van der Waals surface area contributed by atoms with Crippen LogP contribution in [0, 0.1) is 0 Å². The molecule has 1 aromatic rings. The van der Waals surface area contributed by atoms with Crippen LogP contribution < -0.4 is 4.90 Å². The van der Waals surface area contributed by atoms with Crippen molar-refractivity contribution in [3.05, 3.63) is 30.3 Å². The van der Waals surface area contributed by atoms with Gasteiger partial charge in [-0.05, 0) is 53.7 Å². The lowest BCUT2D eigenvalue weighted by Crippen LogP contribution is -2.45. The Balaban J connectivity index is 2.13. The van der Waals surface area contributed by atoms with Crippen LogP contribution in [0.4, 0.5) is 15.3 Å². The molecule has 0 bridgehead atoms. The minimum Gasteiger partial charge on any atom is -0.458 e. The molecule has 8 heteroatoms. The number of ether oxygens (including phenoxy) is 3. The zero-order valence-corrected chi connectivity index (χ0v) is 18.8. The van der Waals surface area contributed by atoms with E-state index in [9.17, 15) is 14.4 Å². The molecule has 1 saturated heterocycles. The summed E-state index contributed by atoms with van der Waals surface area (Å²) in [5.74, 6) is -0.552. The lowest BCUT2D eigenvalue weighted by atomic mass is 10.1. The Morgan fingerprint density at radius 2 is 1.53 bits per heavy atom. The van der Waals surface area contributed by atoms with E-state index < -0.39 is 41.5 Å². The summed E-state index contributed by atoms with van der Waals surface area (Å²) in [6, 6.07) is 8.16. The molecule has 2 rings (SSSR count). The molecule has 30 heavy (non-hydrogen) atoms. The first-order valence-electron chi connectivity index (χ1n) is 9.99. The second-order valence-corrected chi connectivity index (χ2v) is 9.32. The fourth-order valence-electron chi connectivity index (χ4n) is 2.98. The Hall–Kier alpha value is -2.77. The number of carbonyl (C=O) groups is 3. The number of esters is 1. The zero-order chi connectivity index (χ0) is 22.7. The van der Waals surface area contributed by atoms with Crippen LogP contribution in [-0.2, 0) is 19.0 Å². The molecule has 0 spiro atoms. The lowest BCUT2D eigenvalue weighted by molar-refractivity contribution is -0.160. The van der Waals surface area contributed by atoms with Gasteiger partial charge >= 0.3 is 18.2 Å². The number of hydrogen-bond acceptors (Lipinski definition) is 6. The van der Waals surface area contributed by atoms with E-state index in [1.165, 1.54) is 9.80 Å². The summed E-state index contributed by atoms with van der Waals surface area (Å²) in [5, 5.41) is 0. The predicted octanol–water partition coefficient (Wildman–Crippen LogP) is 3.98. The van der Waals surface area contributed by atoms with Crippen LogP contribution in [-0.4, -0.2) is 60.0 Å². The highest BCUT2D eigenvalue weighted by Gasteiger charge is 2.45.